The second-order valence-corrected chi connectivity index (χ2v) is 7.49. The zero-order chi connectivity index (χ0) is 20.1. The molecule has 29 heavy (non-hydrogen) atoms. The van der Waals surface area contributed by atoms with Crippen LogP contribution in [-0.2, 0) is 6.42 Å². The van der Waals surface area contributed by atoms with Crippen LogP contribution in [0.4, 0.5) is 10.5 Å². The zero-order valence-electron chi connectivity index (χ0n) is 16.2. The lowest BCUT2D eigenvalue weighted by atomic mass is 10.1. The Morgan fingerprint density at radius 3 is 2.48 bits per heavy atom. The number of aromatic nitrogens is 2. The zero-order valence-corrected chi connectivity index (χ0v) is 16.9. The molecule has 3 aromatic rings. The number of nitrogens with zero attached hydrogens (tertiary/aromatic N) is 4. The van der Waals surface area contributed by atoms with Gasteiger partial charge in [0.05, 0.1) is 5.69 Å². The van der Waals surface area contributed by atoms with Gasteiger partial charge in [-0.05, 0) is 48.4 Å². The van der Waals surface area contributed by atoms with Crippen LogP contribution in [0, 0.1) is 0 Å². The Bertz CT molecular complexity index is 934. The third kappa shape index (κ3) is 4.90. The lowest BCUT2D eigenvalue weighted by molar-refractivity contribution is 0.194. The summed E-state index contributed by atoms with van der Waals surface area (Å²) in [7, 11) is 0. The molecule has 1 N–H and O–H groups in total. The molecule has 0 radical (unpaired) electrons. The van der Waals surface area contributed by atoms with Crippen LogP contribution in [0.2, 0.25) is 5.02 Å². The lowest BCUT2D eigenvalue weighted by Crippen LogP contribution is -2.52. The number of benzene rings is 2. The van der Waals surface area contributed by atoms with Gasteiger partial charge in [-0.3, -0.25) is 0 Å². The summed E-state index contributed by atoms with van der Waals surface area (Å²) in [4.78, 5) is 16.6. The molecule has 1 saturated heterocycles. The van der Waals surface area contributed by atoms with Crippen molar-refractivity contribution in [3.8, 4) is 5.69 Å². The first-order valence-electron chi connectivity index (χ1n) is 9.81. The fourth-order valence-corrected chi connectivity index (χ4v) is 3.69. The molecule has 150 valence electrons. The largest absolute Gasteiger partial charge is 0.368 e. The van der Waals surface area contributed by atoms with Crippen LogP contribution < -0.4 is 10.2 Å². The summed E-state index contributed by atoms with van der Waals surface area (Å²) >= 11 is 6.08. The molecule has 1 aliphatic heterocycles. The topological polar surface area (TPSA) is 53.4 Å². The first-order chi connectivity index (χ1) is 14.2. The molecule has 0 atom stereocenters. The van der Waals surface area contributed by atoms with Crippen LogP contribution in [0.15, 0.2) is 67.0 Å². The van der Waals surface area contributed by atoms with Crippen LogP contribution in [0.25, 0.3) is 5.69 Å². The Balaban J connectivity index is 1.21. The number of piperazine rings is 1. The van der Waals surface area contributed by atoms with Crippen molar-refractivity contribution in [1.29, 1.82) is 0 Å². The van der Waals surface area contributed by atoms with Crippen molar-refractivity contribution < 1.29 is 4.79 Å². The molecule has 0 spiro atoms. The number of hydrogen-bond donors (Lipinski definition) is 1. The molecule has 0 unspecified atom stereocenters. The number of amides is 2. The summed E-state index contributed by atoms with van der Waals surface area (Å²) in [6, 6.07) is 18.0. The van der Waals surface area contributed by atoms with Crippen LogP contribution in [-0.4, -0.2) is 53.4 Å². The van der Waals surface area contributed by atoms with E-state index >= 15 is 0 Å². The van der Waals surface area contributed by atoms with Crippen molar-refractivity contribution in [1.82, 2.24) is 20.0 Å². The van der Waals surface area contributed by atoms with Crippen molar-refractivity contribution in [2.24, 2.45) is 0 Å². The third-order valence-corrected chi connectivity index (χ3v) is 5.37. The van der Waals surface area contributed by atoms with Gasteiger partial charge < -0.3 is 15.1 Å². The predicted octanol–water partition coefficient (Wildman–Crippen LogP) is 3.60. The van der Waals surface area contributed by atoms with Gasteiger partial charge in [0.25, 0.3) is 0 Å². The average molecular weight is 410 g/mol. The molecule has 6 nitrogen and oxygen atoms in total. The maximum absolute atomic E-state index is 12.5. The SMILES string of the molecule is O=C(NCCc1ccc(-n2cccn2)cc1)N1CCN(c2cccc(Cl)c2)CC1. The maximum Gasteiger partial charge on any atom is 0.317 e. The lowest BCUT2D eigenvalue weighted by Gasteiger charge is -2.36. The second kappa shape index (κ2) is 9.01. The van der Waals surface area contributed by atoms with E-state index in [-0.39, 0.29) is 6.03 Å². The highest BCUT2D eigenvalue weighted by molar-refractivity contribution is 6.30. The minimum Gasteiger partial charge on any atom is -0.368 e. The van der Waals surface area contributed by atoms with E-state index in [0.29, 0.717) is 19.6 Å². The van der Waals surface area contributed by atoms with Crippen molar-refractivity contribution in [3.05, 3.63) is 77.6 Å². The first kappa shape index (κ1) is 19.3. The minimum atomic E-state index is 0.00362. The highest BCUT2D eigenvalue weighted by Crippen LogP contribution is 2.20. The Hall–Kier alpha value is -2.99. The Morgan fingerprint density at radius 2 is 1.79 bits per heavy atom. The molecule has 1 aliphatic rings. The highest BCUT2D eigenvalue weighted by atomic mass is 35.5. The fourth-order valence-electron chi connectivity index (χ4n) is 3.50. The van der Waals surface area contributed by atoms with Gasteiger partial charge in [0.1, 0.15) is 0 Å². The smallest absolute Gasteiger partial charge is 0.317 e. The van der Waals surface area contributed by atoms with Gasteiger partial charge in [-0.2, -0.15) is 5.10 Å². The number of urea groups is 1. The molecule has 0 bridgehead atoms. The molecule has 2 heterocycles. The van der Waals surface area contributed by atoms with E-state index in [0.717, 1.165) is 35.9 Å². The fraction of sp³-hybridized carbons (Fsp3) is 0.273. The average Bonchev–Trinajstić information content (AvgIpc) is 3.29. The van der Waals surface area contributed by atoms with E-state index in [9.17, 15) is 4.79 Å². The van der Waals surface area contributed by atoms with E-state index in [1.54, 1.807) is 6.20 Å². The Labute approximate surface area is 175 Å². The molecular weight excluding hydrogens is 386 g/mol. The van der Waals surface area contributed by atoms with Gasteiger partial charge in [-0.1, -0.05) is 29.8 Å². The monoisotopic (exact) mass is 409 g/mol. The van der Waals surface area contributed by atoms with Gasteiger partial charge in [0, 0.05) is 55.8 Å². The van der Waals surface area contributed by atoms with Crippen molar-refractivity contribution in [3.63, 3.8) is 0 Å². The summed E-state index contributed by atoms with van der Waals surface area (Å²) in [5.74, 6) is 0. The van der Waals surface area contributed by atoms with E-state index < -0.39 is 0 Å². The van der Waals surface area contributed by atoms with Crippen molar-refractivity contribution in [2.45, 2.75) is 6.42 Å². The number of nitrogens with one attached hydrogen (secondary N) is 1. The Morgan fingerprint density at radius 1 is 1.00 bits per heavy atom. The molecule has 0 aliphatic carbocycles. The normalized spacial score (nSPS) is 14.1. The van der Waals surface area contributed by atoms with Crippen LogP contribution >= 0.6 is 11.6 Å². The van der Waals surface area contributed by atoms with Gasteiger partial charge in [0.2, 0.25) is 0 Å². The minimum absolute atomic E-state index is 0.00362. The molecule has 0 saturated carbocycles. The quantitative estimate of drug-likeness (QED) is 0.700. The summed E-state index contributed by atoms with van der Waals surface area (Å²) < 4.78 is 1.83. The van der Waals surface area contributed by atoms with E-state index in [1.165, 1.54) is 5.56 Å². The summed E-state index contributed by atoms with van der Waals surface area (Å²) in [5, 5.41) is 8.00. The second-order valence-electron chi connectivity index (χ2n) is 7.05. The molecule has 1 aromatic heterocycles. The molecule has 7 heteroatoms. The summed E-state index contributed by atoms with van der Waals surface area (Å²) in [6.07, 6.45) is 4.48. The Kier molecular flexibility index (Phi) is 6.00. The van der Waals surface area contributed by atoms with E-state index in [2.05, 4.69) is 33.5 Å². The number of carbonyl (C=O) groups excluding carboxylic acids is 1. The van der Waals surface area contributed by atoms with E-state index in [4.69, 9.17) is 11.6 Å². The molecule has 4 rings (SSSR count). The van der Waals surface area contributed by atoms with Crippen molar-refractivity contribution >= 4 is 23.3 Å². The third-order valence-electron chi connectivity index (χ3n) is 5.14. The number of halogens is 1. The first-order valence-corrected chi connectivity index (χ1v) is 10.2. The maximum atomic E-state index is 12.5. The highest BCUT2D eigenvalue weighted by Gasteiger charge is 2.21. The number of anilines is 1. The summed E-state index contributed by atoms with van der Waals surface area (Å²) in [6.45, 7) is 3.65. The molecule has 2 amide bonds. The van der Waals surface area contributed by atoms with Crippen molar-refractivity contribution in [2.75, 3.05) is 37.6 Å². The standard InChI is InChI=1S/C22H24ClN5O/c23-19-3-1-4-21(17-19)26-13-15-27(16-14-26)22(29)24-11-9-18-5-7-20(8-6-18)28-12-2-10-25-28/h1-8,10,12,17H,9,11,13-16H2,(H,24,29). The molecule has 1 fully saturated rings. The van der Waals surface area contributed by atoms with E-state index in [1.807, 2.05) is 52.2 Å². The number of hydrogen-bond acceptors (Lipinski definition) is 3. The molecular formula is C22H24ClN5O. The van der Waals surface area contributed by atoms with Crippen LogP contribution in [0.5, 0.6) is 0 Å². The van der Waals surface area contributed by atoms with Gasteiger partial charge in [0.15, 0.2) is 0 Å². The summed E-state index contributed by atoms with van der Waals surface area (Å²) in [5.41, 5.74) is 3.32. The number of carbonyl (C=O) groups is 1. The van der Waals surface area contributed by atoms with Crippen LogP contribution in [0.3, 0.4) is 0 Å². The van der Waals surface area contributed by atoms with Gasteiger partial charge in [-0.25, -0.2) is 9.48 Å². The molecule has 2 aromatic carbocycles. The van der Waals surface area contributed by atoms with Crippen LogP contribution in [0.1, 0.15) is 5.56 Å². The predicted molar refractivity (Wildman–Crippen MR) is 116 cm³/mol. The number of rotatable bonds is 5. The van der Waals surface area contributed by atoms with Gasteiger partial charge in [-0.15, -0.1) is 0 Å². The van der Waals surface area contributed by atoms with Gasteiger partial charge >= 0.3 is 6.03 Å².